The van der Waals surface area contributed by atoms with Gasteiger partial charge in [0.15, 0.2) is 0 Å². The Kier molecular flexibility index (Phi) is 14.4. The Balaban J connectivity index is 0.000000274. The lowest BCUT2D eigenvalue weighted by atomic mass is 10.0. The molecule has 1 unspecified atom stereocenters. The minimum Gasteiger partial charge on any atom is -0.392 e. The summed E-state index contributed by atoms with van der Waals surface area (Å²) in [6.45, 7) is 4.28. The van der Waals surface area contributed by atoms with E-state index in [2.05, 4.69) is 31.7 Å². The van der Waals surface area contributed by atoms with Crippen LogP contribution in [0.2, 0.25) is 0 Å². The first kappa shape index (κ1) is 29.1. The maximum absolute atomic E-state index is 10.8. The molecule has 192 valence electrons. The number of thiol groups is 1. The Morgan fingerprint density at radius 3 is 1.49 bits per heavy atom. The zero-order valence-electron chi connectivity index (χ0n) is 21.7. The lowest BCUT2D eigenvalue weighted by Gasteiger charge is -2.06. The van der Waals surface area contributed by atoms with Crippen LogP contribution in [0.3, 0.4) is 0 Å². The average Bonchev–Trinajstić information content (AvgIpc) is 2.88. The predicted molar refractivity (Wildman–Crippen MR) is 147 cm³/mol. The highest BCUT2D eigenvalue weighted by molar-refractivity contribution is 7.85. The fraction of sp³-hybridized carbons (Fsp3) is 0.357. The number of aliphatic hydroxyl groups is 2. The molecule has 0 radical (unpaired) electrons. The van der Waals surface area contributed by atoms with Gasteiger partial charge in [0.25, 0.3) is 10.1 Å². The number of rotatable bonds is 9. The maximum Gasteiger partial charge on any atom is 0.264 e. The van der Waals surface area contributed by atoms with Crippen LogP contribution in [0.4, 0.5) is 0 Å². The molecular weight excluding hydrogens is 480 g/mol. The smallest absolute Gasteiger partial charge is 0.264 e. The lowest BCUT2D eigenvalue weighted by molar-refractivity contribution is 0.260. The lowest BCUT2D eigenvalue weighted by Crippen LogP contribution is -2.04. The second-order valence-electron chi connectivity index (χ2n) is 7.68. The van der Waals surface area contributed by atoms with Gasteiger partial charge in [-0.25, -0.2) is 0 Å². The third kappa shape index (κ3) is 12.4. The van der Waals surface area contributed by atoms with Crippen molar-refractivity contribution in [3.8, 4) is 0 Å². The van der Waals surface area contributed by atoms with Crippen LogP contribution >= 0.6 is 12.6 Å². The van der Waals surface area contributed by atoms with E-state index >= 15 is 0 Å². The van der Waals surface area contributed by atoms with Crippen molar-refractivity contribution in [1.29, 1.82) is 0 Å². The second-order valence-corrected chi connectivity index (χ2v) is 9.69. The fourth-order valence-corrected chi connectivity index (χ4v) is 3.82. The monoisotopic (exact) mass is 520 g/mol. The Hall–Kier alpha value is -2.16. The molecule has 1 atom stereocenters. The Labute approximate surface area is 217 Å². The van der Waals surface area contributed by atoms with Gasteiger partial charge < -0.3 is 10.2 Å². The molecule has 0 bridgehead atoms. The van der Waals surface area contributed by atoms with Gasteiger partial charge in [0.1, 0.15) is 0 Å². The summed E-state index contributed by atoms with van der Waals surface area (Å²) in [7, 11) is -3.35. The first-order valence-corrected chi connectivity index (χ1v) is 13.8. The summed E-state index contributed by atoms with van der Waals surface area (Å²) in [5.74, 6) is 0. The summed E-state index contributed by atoms with van der Waals surface area (Å²) in [6.07, 6.45) is 3.72. The van der Waals surface area contributed by atoms with E-state index in [-0.39, 0.29) is 25.5 Å². The van der Waals surface area contributed by atoms with Crippen molar-refractivity contribution in [1.82, 2.24) is 0 Å². The van der Waals surface area contributed by atoms with Gasteiger partial charge in [-0.2, -0.15) is 21.0 Å². The standard InChI is InChI=1S/C10H14O3S.C10H14S.C8H10O2/c1-3-9-6-4-5-7-10(9)8-13-14(2,11)12;1-2-9-5-3-4-6-10(9)7-8-11;9-5-7-3-1-2-4-8(7)6-10/h4-7H,3,8H2,1-2H3;3-6,11H,2,7-8H2,1H3;1-4,9-10H,5-6H2/i;8T;. The van der Waals surface area contributed by atoms with Crippen LogP contribution in [0.1, 0.15) is 48.6 Å². The molecule has 7 heteroatoms. The average molecular weight is 521 g/mol. The molecule has 0 aromatic heterocycles. The largest absolute Gasteiger partial charge is 0.392 e. The van der Waals surface area contributed by atoms with Gasteiger partial charge in [0, 0.05) is 1.37 Å². The van der Waals surface area contributed by atoms with E-state index in [4.69, 9.17) is 15.8 Å². The van der Waals surface area contributed by atoms with Crippen LogP contribution in [0.15, 0.2) is 72.8 Å². The molecule has 3 aromatic rings. The highest BCUT2D eigenvalue weighted by Crippen LogP contribution is 2.12. The molecule has 0 aliphatic carbocycles. The molecule has 0 fully saturated rings. The number of aryl methyl sites for hydroxylation is 3. The van der Waals surface area contributed by atoms with Crippen molar-refractivity contribution in [2.24, 2.45) is 0 Å². The van der Waals surface area contributed by atoms with Crippen molar-refractivity contribution >= 4 is 22.7 Å². The normalized spacial score (nSPS) is 11.9. The summed E-state index contributed by atoms with van der Waals surface area (Å²) >= 11 is 4.06. The molecule has 3 aromatic carbocycles. The minimum atomic E-state index is -3.35. The number of hydrogen-bond acceptors (Lipinski definition) is 6. The van der Waals surface area contributed by atoms with E-state index in [1.54, 1.807) is 12.1 Å². The number of aliphatic hydroxyl groups excluding tert-OH is 2. The molecule has 0 spiro atoms. The fourth-order valence-electron chi connectivity index (χ4n) is 3.28. The molecule has 35 heavy (non-hydrogen) atoms. The topological polar surface area (TPSA) is 83.8 Å². The van der Waals surface area contributed by atoms with Gasteiger partial charge in [-0.3, -0.25) is 4.18 Å². The van der Waals surface area contributed by atoms with Crippen molar-refractivity contribution in [3.63, 3.8) is 0 Å². The summed E-state index contributed by atoms with van der Waals surface area (Å²) in [5.41, 5.74) is 5.95. The van der Waals surface area contributed by atoms with Crippen molar-refractivity contribution in [3.05, 3.63) is 106 Å². The van der Waals surface area contributed by atoms with Crippen molar-refractivity contribution < 1.29 is 24.2 Å². The van der Waals surface area contributed by atoms with Gasteiger partial charge in [0.2, 0.25) is 0 Å². The summed E-state index contributed by atoms with van der Waals surface area (Å²) in [6, 6.07) is 23.2. The Morgan fingerprint density at radius 1 is 0.743 bits per heavy atom. The zero-order chi connectivity index (χ0) is 27.0. The van der Waals surface area contributed by atoms with Crippen LogP contribution in [0.5, 0.6) is 0 Å². The molecule has 3 rings (SSSR count). The molecule has 0 saturated heterocycles. The molecular formula is C28H38O5S2. The molecule has 0 aliphatic heterocycles. The van der Waals surface area contributed by atoms with Crippen LogP contribution in [-0.2, 0) is 53.4 Å². The summed E-state index contributed by atoms with van der Waals surface area (Å²) in [4.78, 5) is 0. The van der Waals surface area contributed by atoms with E-state index in [1.807, 2.05) is 55.5 Å². The SMILES string of the molecule is CCc1ccccc1COS(C)(=O)=O.OCc1ccccc1CO.[3H]C(S)Cc1ccccc1CC. The first-order chi connectivity index (χ1) is 17.1. The van der Waals surface area contributed by atoms with Gasteiger partial charge in [-0.1, -0.05) is 86.6 Å². The highest BCUT2D eigenvalue weighted by atomic mass is 32.2. The molecule has 0 heterocycles. The van der Waals surface area contributed by atoms with Crippen molar-refractivity contribution in [2.75, 3.05) is 12.0 Å². The van der Waals surface area contributed by atoms with Gasteiger partial charge >= 0.3 is 0 Å². The summed E-state index contributed by atoms with van der Waals surface area (Å²) < 4.78 is 33.6. The molecule has 2 N–H and O–H groups in total. The van der Waals surface area contributed by atoms with Gasteiger partial charge in [-0.15, -0.1) is 0 Å². The molecule has 5 nitrogen and oxygen atoms in total. The van der Waals surface area contributed by atoms with Crippen molar-refractivity contribution in [2.45, 2.75) is 52.9 Å². The molecule has 0 amide bonds. The predicted octanol–water partition coefficient (Wildman–Crippen LogP) is 5.12. The molecule has 0 saturated carbocycles. The van der Waals surface area contributed by atoms with Gasteiger partial charge in [-0.05, 0) is 58.4 Å². The quantitative estimate of drug-likeness (QED) is 0.270. The number of hydrogen-bond donors (Lipinski definition) is 3. The Morgan fingerprint density at radius 2 is 1.11 bits per heavy atom. The highest BCUT2D eigenvalue weighted by Gasteiger charge is 2.05. The van der Waals surface area contributed by atoms with Crippen LogP contribution in [0.25, 0.3) is 0 Å². The van der Waals surface area contributed by atoms with E-state index in [0.717, 1.165) is 47.8 Å². The third-order valence-corrected chi connectivity index (χ3v) is 5.93. The zero-order valence-corrected chi connectivity index (χ0v) is 22.4. The second kappa shape index (κ2) is 17.3. The third-order valence-electron chi connectivity index (χ3n) is 5.20. The van der Waals surface area contributed by atoms with E-state index in [9.17, 15) is 8.42 Å². The first-order valence-electron chi connectivity index (χ1n) is 12.1. The minimum absolute atomic E-state index is 0.00324. The van der Waals surface area contributed by atoms with Crippen LogP contribution in [-0.4, -0.2) is 30.6 Å². The Bertz CT molecular complexity index is 1110. The van der Waals surface area contributed by atoms with E-state index in [1.165, 1.54) is 11.1 Å². The van der Waals surface area contributed by atoms with Crippen LogP contribution < -0.4 is 0 Å². The van der Waals surface area contributed by atoms with E-state index in [0.29, 0.717) is 0 Å². The maximum atomic E-state index is 10.8. The van der Waals surface area contributed by atoms with Crippen LogP contribution in [0, 0.1) is 0 Å². The molecule has 0 aliphatic rings. The van der Waals surface area contributed by atoms with E-state index < -0.39 is 10.1 Å². The summed E-state index contributed by atoms with van der Waals surface area (Å²) in [5, 5.41) is 17.5. The number of benzene rings is 3. The van der Waals surface area contributed by atoms with Gasteiger partial charge in [0.05, 0.1) is 26.1 Å².